The second-order valence-electron chi connectivity index (χ2n) is 6.67. The molecule has 6 nitrogen and oxygen atoms in total. The van der Waals surface area contributed by atoms with Crippen molar-refractivity contribution in [3.05, 3.63) is 23.8 Å². The monoisotopic (exact) mass is 346 g/mol. The first-order valence-electron chi connectivity index (χ1n) is 8.71. The molecule has 25 heavy (non-hydrogen) atoms. The summed E-state index contributed by atoms with van der Waals surface area (Å²) in [5.41, 5.74) is 0.904. The summed E-state index contributed by atoms with van der Waals surface area (Å²) in [7, 11) is 0. The predicted molar refractivity (Wildman–Crippen MR) is 95.8 cm³/mol. The van der Waals surface area contributed by atoms with E-state index in [0.29, 0.717) is 22.9 Å². The topological polar surface area (TPSA) is 84.5 Å². The van der Waals surface area contributed by atoms with E-state index in [-0.39, 0.29) is 30.2 Å². The molecular formula is C19H26N2O4. The first-order chi connectivity index (χ1) is 11.9. The van der Waals surface area contributed by atoms with Crippen molar-refractivity contribution in [3.8, 4) is 5.75 Å². The van der Waals surface area contributed by atoms with Crippen LogP contribution < -0.4 is 15.4 Å². The van der Waals surface area contributed by atoms with Gasteiger partial charge in [-0.25, -0.2) is 0 Å². The standard InChI is InChI=1S/C19H26N2O4/c1-12-6-4-5-7-16(12)21-19(24)11-25-18-10-15(13(2)22)8-9-17(18)20-14(3)23/h8-10,12,16H,4-7,11H2,1-3H3,(H,20,23)(H,21,24). The smallest absolute Gasteiger partial charge is 0.258 e. The number of nitrogens with one attached hydrogen (secondary N) is 2. The number of amides is 2. The van der Waals surface area contributed by atoms with Crippen LogP contribution in [-0.2, 0) is 9.59 Å². The van der Waals surface area contributed by atoms with Gasteiger partial charge in [-0.05, 0) is 43.9 Å². The summed E-state index contributed by atoms with van der Waals surface area (Å²) in [6, 6.07) is 4.95. The van der Waals surface area contributed by atoms with E-state index in [1.165, 1.54) is 20.3 Å². The lowest BCUT2D eigenvalue weighted by Gasteiger charge is -2.29. The number of ketones is 1. The van der Waals surface area contributed by atoms with Gasteiger partial charge in [-0.1, -0.05) is 19.8 Å². The van der Waals surface area contributed by atoms with Gasteiger partial charge in [0.2, 0.25) is 5.91 Å². The Morgan fingerprint density at radius 1 is 1.16 bits per heavy atom. The SMILES string of the molecule is CC(=O)Nc1ccc(C(C)=O)cc1OCC(=O)NC1CCCCC1C. The summed E-state index contributed by atoms with van der Waals surface area (Å²) >= 11 is 0. The van der Waals surface area contributed by atoms with Crippen LogP contribution in [0.3, 0.4) is 0 Å². The molecule has 0 radical (unpaired) electrons. The molecule has 6 heteroatoms. The number of hydrogen-bond acceptors (Lipinski definition) is 4. The fourth-order valence-electron chi connectivity index (χ4n) is 3.08. The van der Waals surface area contributed by atoms with Gasteiger partial charge in [-0.15, -0.1) is 0 Å². The minimum Gasteiger partial charge on any atom is -0.482 e. The van der Waals surface area contributed by atoms with E-state index < -0.39 is 0 Å². The summed E-state index contributed by atoms with van der Waals surface area (Å²) in [6.45, 7) is 4.83. The van der Waals surface area contributed by atoms with Crippen molar-refractivity contribution in [2.45, 2.75) is 52.5 Å². The first-order valence-corrected chi connectivity index (χ1v) is 8.71. The second kappa shape index (κ2) is 8.65. The molecule has 2 N–H and O–H groups in total. The molecule has 0 spiro atoms. The third kappa shape index (κ3) is 5.59. The lowest BCUT2D eigenvalue weighted by molar-refractivity contribution is -0.124. The van der Waals surface area contributed by atoms with Gasteiger partial charge >= 0.3 is 0 Å². The fourth-order valence-corrected chi connectivity index (χ4v) is 3.08. The van der Waals surface area contributed by atoms with E-state index in [4.69, 9.17) is 4.74 Å². The van der Waals surface area contributed by atoms with Gasteiger partial charge < -0.3 is 15.4 Å². The molecule has 2 atom stereocenters. The summed E-state index contributed by atoms with van der Waals surface area (Å²) < 4.78 is 5.59. The molecule has 0 saturated heterocycles. The number of benzene rings is 1. The van der Waals surface area contributed by atoms with E-state index in [2.05, 4.69) is 17.6 Å². The largest absolute Gasteiger partial charge is 0.482 e. The molecule has 1 saturated carbocycles. The molecule has 0 bridgehead atoms. The zero-order valence-electron chi connectivity index (χ0n) is 15.1. The molecular weight excluding hydrogens is 320 g/mol. The molecule has 2 unspecified atom stereocenters. The van der Waals surface area contributed by atoms with Gasteiger partial charge in [0, 0.05) is 18.5 Å². The van der Waals surface area contributed by atoms with E-state index in [1.54, 1.807) is 18.2 Å². The number of carbonyl (C=O) groups excluding carboxylic acids is 3. The van der Waals surface area contributed by atoms with Gasteiger partial charge in [0.1, 0.15) is 5.75 Å². The van der Waals surface area contributed by atoms with Crippen molar-refractivity contribution in [1.29, 1.82) is 0 Å². The molecule has 1 aromatic rings. The van der Waals surface area contributed by atoms with Crippen LogP contribution in [0.5, 0.6) is 5.75 Å². The van der Waals surface area contributed by atoms with Crippen LogP contribution in [0.1, 0.15) is 56.8 Å². The lowest BCUT2D eigenvalue weighted by atomic mass is 9.86. The normalized spacial score (nSPS) is 19.8. The second-order valence-corrected chi connectivity index (χ2v) is 6.67. The molecule has 0 heterocycles. The first kappa shape index (κ1) is 19.0. The Bertz CT molecular complexity index is 657. The quantitative estimate of drug-likeness (QED) is 0.776. The van der Waals surface area contributed by atoms with Crippen molar-refractivity contribution in [2.24, 2.45) is 5.92 Å². The summed E-state index contributed by atoms with van der Waals surface area (Å²) in [6.07, 6.45) is 4.45. The molecule has 0 aliphatic heterocycles. The molecule has 2 rings (SSSR count). The zero-order valence-corrected chi connectivity index (χ0v) is 15.1. The average Bonchev–Trinajstić information content (AvgIpc) is 2.55. The van der Waals surface area contributed by atoms with Crippen molar-refractivity contribution >= 4 is 23.3 Å². The Morgan fingerprint density at radius 3 is 2.52 bits per heavy atom. The van der Waals surface area contributed by atoms with Crippen LogP contribution in [0.25, 0.3) is 0 Å². The molecule has 136 valence electrons. The number of hydrogen-bond donors (Lipinski definition) is 2. The Hall–Kier alpha value is -2.37. The van der Waals surface area contributed by atoms with Gasteiger partial charge in [-0.2, -0.15) is 0 Å². The minimum absolute atomic E-state index is 0.111. The number of ether oxygens (including phenoxy) is 1. The minimum atomic E-state index is -0.249. The maximum absolute atomic E-state index is 12.2. The van der Waals surface area contributed by atoms with Crippen LogP contribution in [-0.4, -0.2) is 30.2 Å². The lowest BCUT2D eigenvalue weighted by Crippen LogP contribution is -2.43. The molecule has 2 amide bonds. The van der Waals surface area contributed by atoms with E-state index in [1.807, 2.05) is 0 Å². The highest BCUT2D eigenvalue weighted by atomic mass is 16.5. The molecule has 0 aromatic heterocycles. The van der Waals surface area contributed by atoms with Crippen LogP contribution >= 0.6 is 0 Å². The van der Waals surface area contributed by atoms with Gasteiger partial charge in [-0.3, -0.25) is 14.4 Å². The van der Waals surface area contributed by atoms with E-state index in [9.17, 15) is 14.4 Å². The summed E-state index contributed by atoms with van der Waals surface area (Å²) in [4.78, 5) is 35.0. The van der Waals surface area contributed by atoms with Gasteiger partial charge in [0.25, 0.3) is 5.91 Å². The Balaban J connectivity index is 2.02. The van der Waals surface area contributed by atoms with E-state index >= 15 is 0 Å². The van der Waals surface area contributed by atoms with Crippen molar-refractivity contribution in [2.75, 3.05) is 11.9 Å². The molecule has 1 aromatic carbocycles. The fraction of sp³-hybridized carbons (Fsp3) is 0.526. The van der Waals surface area contributed by atoms with Crippen molar-refractivity contribution in [1.82, 2.24) is 5.32 Å². The van der Waals surface area contributed by atoms with E-state index in [0.717, 1.165) is 19.3 Å². The Kier molecular flexibility index (Phi) is 6.56. The highest BCUT2D eigenvalue weighted by molar-refractivity contribution is 5.96. The number of Topliss-reactive ketones (excluding diaryl/α,β-unsaturated/α-hetero) is 1. The highest BCUT2D eigenvalue weighted by Gasteiger charge is 2.23. The molecule has 1 fully saturated rings. The summed E-state index contributed by atoms with van der Waals surface area (Å²) in [5, 5.41) is 5.66. The van der Waals surface area contributed by atoms with Gasteiger partial charge in [0.15, 0.2) is 12.4 Å². The zero-order chi connectivity index (χ0) is 18.4. The van der Waals surface area contributed by atoms with Crippen LogP contribution in [0.15, 0.2) is 18.2 Å². The Morgan fingerprint density at radius 2 is 1.88 bits per heavy atom. The maximum atomic E-state index is 12.2. The summed E-state index contributed by atoms with van der Waals surface area (Å²) in [5.74, 6) is 0.227. The number of anilines is 1. The Labute approximate surface area is 148 Å². The van der Waals surface area contributed by atoms with Crippen LogP contribution in [0.4, 0.5) is 5.69 Å². The third-order valence-corrected chi connectivity index (χ3v) is 4.52. The number of rotatable bonds is 6. The van der Waals surface area contributed by atoms with Crippen LogP contribution in [0, 0.1) is 5.92 Å². The van der Waals surface area contributed by atoms with Gasteiger partial charge in [0.05, 0.1) is 5.69 Å². The molecule has 1 aliphatic carbocycles. The highest BCUT2D eigenvalue weighted by Crippen LogP contribution is 2.27. The van der Waals surface area contributed by atoms with Crippen LogP contribution in [0.2, 0.25) is 0 Å². The number of carbonyl (C=O) groups is 3. The predicted octanol–water partition coefficient (Wildman–Crippen LogP) is 2.92. The maximum Gasteiger partial charge on any atom is 0.258 e. The molecule has 1 aliphatic rings. The average molecular weight is 346 g/mol. The third-order valence-electron chi connectivity index (χ3n) is 4.52. The van der Waals surface area contributed by atoms with Crippen molar-refractivity contribution < 1.29 is 19.1 Å². The van der Waals surface area contributed by atoms with Crippen molar-refractivity contribution in [3.63, 3.8) is 0 Å².